The van der Waals surface area contributed by atoms with Crippen molar-refractivity contribution < 1.29 is 14.3 Å². The average molecular weight is 282 g/mol. The Morgan fingerprint density at radius 2 is 1.71 bits per heavy atom. The van der Waals surface area contributed by atoms with Crippen molar-refractivity contribution in [3.05, 3.63) is 65.7 Å². The normalized spacial score (nSPS) is 10.3. The minimum Gasteiger partial charge on any atom is -0.427 e. The maximum atomic E-state index is 11.7. The molecule has 0 aromatic heterocycles. The largest absolute Gasteiger partial charge is 0.427 e. The second kappa shape index (κ2) is 7.00. The van der Waals surface area contributed by atoms with Crippen molar-refractivity contribution in [3.63, 3.8) is 0 Å². The molecule has 0 aliphatic rings. The summed E-state index contributed by atoms with van der Waals surface area (Å²) in [5.41, 5.74) is 3.76. The molecule has 0 saturated heterocycles. The number of ether oxygens (including phenoxy) is 1. The molecular formula is C16H14N2O3. The number of hydrogen-bond donors (Lipinski definition) is 1. The van der Waals surface area contributed by atoms with Gasteiger partial charge in [0.2, 0.25) is 0 Å². The summed E-state index contributed by atoms with van der Waals surface area (Å²) in [6, 6.07) is 15.6. The molecule has 2 rings (SSSR count). The van der Waals surface area contributed by atoms with Crippen molar-refractivity contribution in [2.75, 3.05) is 0 Å². The van der Waals surface area contributed by atoms with E-state index in [1.54, 1.807) is 48.5 Å². The first-order valence-electron chi connectivity index (χ1n) is 6.32. The zero-order valence-electron chi connectivity index (χ0n) is 11.4. The Labute approximate surface area is 122 Å². The van der Waals surface area contributed by atoms with Gasteiger partial charge in [-0.05, 0) is 42.0 Å². The van der Waals surface area contributed by atoms with Crippen LogP contribution in [0.15, 0.2) is 59.7 Å². The van der Waals surface area contributed by atoms with E-state index in [0.29, 0.717) is 11.3 Å². The fourth-order valence-electron chi connectivity index (χ4n) is 1.61. The zero-order valence-corrected chi connectivity index (χ0v) is 11.4. The summed E-state index contributed by atoms with van der Waals surface area (Å²) in [6.45, 7) is 1.34. The minimum absolute atomic E-state index is 0.275. The van der Waals surface area contributed by atoms with Gasteiger partial charge >= 0.3 is 5.97 Å². The monoisotopic (exact) mass is 282 g/mol. The van der Waals surface area contributed by atoms with Crippen LogP contribution in [-0.2, 0) is 4.79 Å². The number of hydrogen-bond acceptors (Lipinski definition) is 4. The topological polar surface area (TPSA) is 67.8 Å². The van der Waals surface area contributed by atoms with E-state index in [-0.39, 0.29) is 11.9 Å². The molecule has 0 fully saturated rings. The number of carbonyl (C=O) groups is 2. The van der Waals surface area contributed by atoms with Crippen molar-refractivity contribution in [1.29, 1.82) is 0 Å². The molecule has 1 amide bonds. The molecule has 0 aliphatic heterocycles. The Hall–Kier alpha value is -2.95. The van der Waals surface area contributed by atoms with Crippen LogP contribution in [0.25, 0.3) is 0 Å². The lowest BCUT2D eigenvalue weighted by atomic mass is 10.2. The molecule has 0 unspecified atom stereocenters. The summed E-state index contributed by atoms with van der Waals surface area (Å²) in [6.07, 6.45) is 1.51. The minimum atomic E-state index is -0.369. The van der Waals surface area contributed by atoms with Crippen molar-refractivity contribution in [1.82, 2.24) is 5.43 Å². The van der Waals surface area contributed by atoms with Crippen molar-refractivity contribution >= 4 is 18.1 Å². The van der Waals surface area contributed by atoms with Crippen LogP contribution in [0.3, 0.4) is 0 Å². The first-order chi connectivity index (χ1) is 10.1. The molecule has 106 valence electrons. The van der Waals surface area contributed by atoms with Gasteiger partial charge in [0, 0.05) is 12.5 Å². The Bertz CT molecular complexity index is 649. The molecule has 5 nitrogen and oxygen atoms in total. The van der Waals surface area contributed by atoms with E-state index in [1.807, 2.05) is 6.07 Å². The average Bonchev–Trinajstić information content (AvgIpc) is 2.49. The Morgan fingerprint density at radius 3 is 2.33 bits per heavy atom. The smallest absolute Gasteiger partial charge is 0.308 e. The van der Waals surface area contributed by atoms with Gasteiger partial charge in [-0.2, -0.15) is 5.10 Å². The van der Waals surface area contributed by atoms with Crippen LogP contribution < -0.4 is 10.2 Å². The van der Waals surface area contributed by atoms with Crippen LogP contribution >= 0.6 is 0 Å². The molecule has 0 atom stereocenters. The van der Waals surface area contributed by atoms with E-state index in [4.69, 9.17) is 4.74 Å². The number of nitrogens with zero attached hydrogens (tertiary/aromatic N) is 1. The van der Waals surface area contributed by atoms with Gasteiger partial charge in [0.1, 0.15) is 5.75 Å². The van der Waals surface area contributed by atoms with E-state index in [2.05, 4.69) is 10.5 Å². The molecule has 0 aliphatic carbocycles. The van der Waals surface area contributed by atoms with Gasteiger partial charge in [0.25, 0.3) is 5.91 Å². The lowest BCUT2D eigenvalue weighted by Gasteiger charge is -2.01. The summed E-state index contributed by atoms with van der Waals surface area (Å²) in [7, 11) is 0. The van der Waals surface area contributed by atoms with Crippen LogP contribution in [0, 0.1) is 0 Å². The van der Waals surface area contributed by atoms with E-state index in [9.17, 15) is 9.59 Å². The highest BCUT2D eigenvalue weighted by molar-refractivity contribution is 5.94. The molecule has 0 bridgehead atoms. The van der Waals surface area contributed by atoms with Crippen LogP contribution in [0.1, 0.15) is 22.8 Å². The standard InChI is InChI=1S/C16H14N2O3/c1-12(19)21-15-9-7-13(8-10-15)11-17-18-16(20)14-5-3-2-4-6-14/h2-11H,1H3,(H,18,20)/b17-11+. The molecule has 0 spiro atoms. The van der Waals surface area contributed by atoms with Crippen LogP contribution in [0.5, 0.6) is 5.75 Å². The number of hydrazone groups is 1. The number of benzene rings is 2. The highest BCUT2D eigenvalue weighted by Crippen LogP contribution is 2.11. The number of amides is 1. The third kappa shape index (κ3) is 4.58. The molecule has 0 heterocycles. The summed E-state index contributed by atoms with van der Waals surface area (Å²) in [4.78, 5) is 22.5. The second-order valence-corrected chi connectivity index (χ2v) is 4.23. The fraction of sp³-hybridized carbons (Fsp3) is 0.0625. The Kier molecular flexibility index (Phi) is 4.82. The zero-order chi connectivity index (χ0) is 15.1. The molecule has 2 aromatic carbocycles. The molecular weight excluding hydrogens is 268 g/mol. The highest BCUT2D eigenvalue weighted by atomic mass is 16.5. The van der Waals surface area contributed by atoms with Gasteiger partial charge in [-0.1, -0.05) is 18.2 Å². The lowest BCUT2D eigenvalue weighted by molar-refractivity contribution is -0.131. The Morgan fingerprint density at radius 1 is 1.05 bits per heavy atom. The molecule has 21 heavy (non-hydrogen) atoms. The van der Waals surface area contributed by atoms with Crippen LogP contribution in [0.2, 0.25) is 0 Å². The summed E-state index contributed by atoms with van der Waals surface area (Å²) >= 11 is 0. The van der Waals surface area contributed by atoms with Crippen molar-refractivity contribution in [3.8, 4) is 5.75 Å². The SMILES string of the molecule is CC(=O)Oc1ccc(/C=N/NC(=O)c2ccccc2)cc1. The third-order valence-corrected chi connectivity index (χ3v) is 2.56. The van der Waals surface area contributed by atoms with E-state index < -0.39 is 0 Å². The summed E-state index contributed by atoms with van der Waals surface area (Å²) in [5.74, 6) is -0.178. The molecule has 1 N–H and O–H groups in total. The van der Waals surface area contributed by atoms with Gasteiger partial charge in [0.05, 0.1) is 6.21 Å². The Balaban J connectivity index is 1.92. The number of rotatable bonds is 4. The quantitative estimate of drug-likeness (QED) is 0.405. The maximum Gasteiger partial charge on any atom is 0.308 e. The van der Waals surface area contributed by atoms with Crippen molar-refractivity contribution in [2.24, 2.45) is 5.10 Å². The number of nitrogens with one attached hydrogen (secondary N) is 1. The van der Waals surface area contributed by atoms with Gasteiger partial charge in [-0.3, -0.25) is 9.59 Å². The van der Waals surface area contributed by atoms with E-state index >= 15 is 0 Å². The first kappa shape index (κ1) is 14.5. The van der Waals surface area contributed by atoms with Crippen LogP contribution in [0.4, 0.5) is 0 Å². The maximum absolute atomic E-state index is 11.7. The van der Waals surface area contributed by atoms with E-state index in [1.165, 1.54) is 13.1 Å². The van der Waals surface area contributed by atoms with Crippen molar-refractivity contribution in [2.45, 2.75) is 6.92 Å². The number of esters is 1. The number of carbonyl (C=O) groups excluding carboxylic acids is 2. The van der Waals surface area contributed by atoms with E-state index in [0.717, 1.165) is 5.56 Å². The van der Waals surface area contributed by atoms with Gasteiger partial charge in [-0.15, -0.1) is 0 Å². The third-order valence-electron chi connectivity index (χ3n) is 2.56. The second-order valence-electron chi connectivity index (χ2n) is 4.23. The molecule has 0 radical (unpaired) electrons. The fourth-order valence-corrected chi connectivity index (χ4v) is 1.61. The summed E-state index contributed by atoms with van der Waals surface area (Å²) in [5, 5.41) is 3.88. The molecule has 2 aromatic rings. The van der Waals surface area contributed by atoms with Gasteiger partial charge in [-0.25, -0.2) is 5.43 Å². The predicted molar refractivity (Wildman–Crippen MR) is 79.3 cm³/mol. The molecule has 5 heteroatoms. The molecule has 0 saturated carbocycles. The summed E-state index contributed by atoms with van der Waals surface area (Å²) < 4.78 is 4.92. The van der Waals surface area contributed by atoms with Gasteiger partial charge in [0.15, 0.2) is 0 Å². The first-order valence-corrected chi connectivity index (χ1v) is 6.32. The van der Waals surface area contributed by atoms with Gasteiger partial charge < -0.3 is 4.74 Å². The lowest BCUT2D eigenvalue weighted by Crippen LogP contribution is -2.17. The predicted octanol–water partition coefficient (Wildman–Crippen LogP) is 2.38. The highest BCUT2D eigenvalue weighted by Gasteiger charge is 2.01. The van der Waals surface area contributed by atoms with Crippen LogP contribution in [-0.4, -0.2) is 18.1 Å².